The number of nitro benzene ring substituents is 1. The molecule has 4 aliphatic rings. The van der Waals surface area contributed by atoms with Crippen LogP contribution in [0.3, 0.4) is 0 Å². The van der Waals surface area contributed by atoms with Gasteiger partial charge in [0.2, 0.25) is 0 Å². The maximum absolute atomic E-state index is 11.3. The Balaban J connectivity index is 1.76. The van der Waals surface area contributed by atoms with Gasteiger partial charge >= 0.3 is 5.69 Å². The van der Waals surface area contributed by atoms with Gasteiger partial charge in [-0.2, -0.15) is 0 Å². The second-order valence-electron chi connectivity index (χ2n) is 7.34. The Bertz CT molecular complexity index is 560. The average Bonchev–Trinajstić information content (AvgIpc) is 2.45. The molecule has 5 rings (SSSR count). The molecule has 0 spiro atoms. The minimum absolute atomic E-state index is 0.116. The molecule has 4 aliphatic carbocycles. The topological polar surface area (TPSA) is 52.4 Å². The highest BCUT2D eigenvalue weighted by Crippen LogP contribution is 2.61. The molecule has 4 nitrogen and oxygen atoms in total. The third-order valence-electron chi connectivity index (χ3n) is 6.03. The van der Waals surface area contributed by atoms with Gasteiger partial charge in [-0.15, -0.1) is 0 Å². The molecular formula is C17H21NO3. The van der Waals surface area contributed by atoms with Crippen LogP contribution in [0.25, 0.3) is 0 Å². The number of hydrogen-bond donors (Lipinski definition) is 0. The molecule has 4 bridgehead atoms. The highest BCUT2D eigenvalue weighted by atomic mass is 16.6. The lowest BCUT2D eigenvalue weighted by atomic mass is 9.48. The van der Waals surface area contributed by atoms with E-state index >= 15 is 0 Å². The molecule has 0 heterocycles. The van der Waals surface area contributed by atoms with E-state index in [2.05, 4.69) is 6.07 Å². The van der Waals surface area contributed by atoms with Crippen LogP contribution in [0.4, 0.5) is 5.69 Å². The largest absolute Gasteiger partial charge is 0.490 e. The second kappa shape index (κ2) is 4.46. The van der Waals surface area contributed by atoms with Crippen molar-refractivity contribution in [3.8, 4) is 5.75 Å². The SMILES string of the molecule is COc1ccc(C23CC4CC(CC(C4)C2)C3)cc1[N+](=O)[O-]. The molecule has 1 aromatic rings. The molecule has 0 aromatic heterocycles. The fraction of sp³-hybridized carbons (Fsp3) is 0.647. The lowest BCUT2D eigenvalue weighted by Gasteiger charge is -2.57. The lowest BCUT2D eigenvalue weighted by Crippen LogP contribution is -2.48. The smallest absolute Gasteiger partial charge is 0.311 e. The number of nitrogens with zero attached hydrogens (tertiary/aromatic N) is 1. The fourth-order valence-electron chi connectivity index (χ4n) is 5.63. The first-order chi connectivity index (χ1) is 10.1. The first-order valence-corrected chi connectivity index (χ1v) is 7.92. The third-order valence-corrected chi connectivity index (χ3v) is 6.03. The number of rotatable bonds is 3. The van der Waals surface area contributed by atoms with Crippen LogP contribution in [0.1, 0.15) is 44.1 Å². The van der Waals surface area contributed by atoms with E-state index in [1.807, 2.05) is 0 Å². The Morgan fingerprint density at radius 1 is 1.14 bits per heavy atom. The first kappa shape index (κ1) is 13.1. The van der Waals surface area contributed by atoms with Gasteiger partial charge < -0.3 is 4.74 Å². The summed E-state index contributed by atoms with van der Waals surface area (Å²) >= 11 is 0. The zero-order valence-electron chi connectivity index (χ0n) is 12.4. The van der Waals surface area contributed by atoms with Gasteiger partial charge in [-0.25, -0.2) is 0 Å². The molecule has 0 N–H and O–H groups in total. The molecule has 112 valence electrons. The first-order valence-electron chi connectivity index (χ1n) is 7.92. The summed E-state index contributed by atoms with van der Waals surface area (Å²) in [6.07, 6.45) is 7.83. The molecule has 4 fully saturated rings. The quantitative estimate of drug-likeness (QED) is 0.622. The molecule has 4 saturated carbocycles. The Kier molecular flexibility index (Phi) is 2.78. The molecule has 21 heavy (non-hydrogen) atoms. The van der Waals surface area contributed by atoms with E-state index in [1.54, 1.807) is 12.1 Å². The number of methoxy groups -OCH3 is 1. The highest BCUT2D eigenvalue weighted by molar-refractivity contribution is 5.51. The number of benzene rings is 1. The highest BCUT2D eigenvalue weighted by Gasteiger charge is 2.51. The third kappa shape index (κ3) is 1.95. The van der Waals surface area contributed by atoms with Crippen molar-refractivity contribution in [2.24, 2.45) is 17.8 Å². The summed E-state index contributed by atoms with van der Waals surface area (Å²) in [6, 6.07) is 5.64. The van der Waals surface area contributed by atoms with Gasteiger partial charge in [0.05, 0.1) is 12.0 Å². The number of ether oxygens (including phenoxy) is 1. The maximum Gasteiger partial charge on any atom is 0.311 e. The zero-order valence-corrected chi connectivity index (χ0v) is 12.4. The van der Waals surface area contributed by atoms with Crippen LogP contribution in [0.5, 0.6) is 5.75 Å². The van der Waals surface area contributed by atoms with Crippen LogP contribution in [-0.2, 0) is 5.41 Å². The Labute approximate surface area is 124 Å². The van der Waals surface area contributed by atoms with Crippen molar-refractivity contribution >= 4 is 5.69 Å². The molecule has 1 aromatic carbocycles. The predicted octanol–water partition coefficient (Wildman–Crippen LogP) is 4.07. The summed E-state index contributed by atoms with van der Waals surface area (Å²) in [5.41, 5.74) is 1.49. The molecule has 0 radical (unpaired) electrons. The monoisotopic (exact) mass is 287 g/mol. The molecule has 0 atom stereocenters. The Morgan fingerprint density at radius 2 is 1.71 bits per heavy atom. The van der Waals surface area contributed by atoms with Gasteiger partial charge in [0.1, 0.15) is 0 Å². The fourth-order valence-corrected chi connectivity index (χ4v) is 5.63. The van der Waals surface area contributed by atoms with Gasteiger partial charge in [-0.05, 0) is 73.3 Å². The molecular weight excluding hydrogens is 266 g/mol. The molecule has 0 amide bonds. The van der Waals surface area contributed by atoms with E-state index < -0.39 is 0 Å². The number of hydrogen-bond acceptors (Lipinski definition) is 3. The normalized spacial score (nSPS) is 36.7. The molecule has 0 aliphatic heterocycles. The van der Waals surface area contributed by atoms with Crippen molar-refractivity contribution in [3.63, 3.8) is 0 Å². The average molecular weight is 287 g/mol. The maximum atomic E-state index is 11.3. The molecule has 0 saturated heterocycles. The van der Waals surface area contributed by atoms with E-state index in [-0.39, 0.29) is 16.0 Å². The van der Waals surface area contributed by atoms with Crippen LogP contribution in [-0.4, -0.2) is 12.0 Å². The van der Waals surface area contributed by atoms with Crippen LogP contribution < -0.4 is 4.74 Å². The van der Waals surface area contributed by atoms with Gasteiger partial charge in [0.25, 0.3) is 0 Å². The molecule has 0 unspecified atom stereocenters. The van der Waals surface area contributed by atoms with Crippen LogP contribution in [0.2, 0.25) is 0 Å². The van der Waals surface area contributed by atoms with E-state index in [0.717, 1.165) is 17.8 Å². The summed E-state index contributed by atoms with van der Waals surface area (Å²) < 4.78 is 5.14. The Morgan fingerprint density at radius 3 is 2.19 bits per heavy atom. The second-order valence-corrected chi connectivity index (χ2v) is 7.34. The summed E-state index contributed by atoms with van der Waals surface area (Å²) in [4.78, 5) is 11.0. The van der Waals surface area contributed by atoms with Crippen LogP contribution >= 0.6 is 0 Å². The van der Waals surface area contributed by atoms with Crippen molar-refractivity contribution in [2.75, 3.05) is 7.11 Å². The van der Waals surface area contributed by atoms with E-state index in [4.69, 9.17) is 4.74 Å². The molecule has 4 heteroatoms. The van der Waals surface area contributed by atoms with Crippen LogP contribution in [0.15, 0.2) is 18.2 Å². The van der Waals surface area contributed by atoms with E-state index in [9.17, 15) is 10.1 Å². The summed E-state index contributed by atoms with van der Waals surface area (Å²) in [7, 11) is 1.49. The minimum atomic E-state index is -0.317. The lowest BCUT2D eigenvalue weighted by molar-refractivity contribution is -0.385. The Hall–Kier alpha value is -1.58. The van der Waals surface area contributed by atoms with E-state index in [0.29, 0.717) is 5.75 Å². The predicted molar refractivity (Wildman–Crippen MR) is 79.5 cm³/mol. The number of nitro groups is 1. The van der Waals surface area contributed by atoms with Crippen molar-refractivity contribution < 1.29 is 9.66 Å². The standard InChI is InChI=1S/C17H21NO3/c1-21-16-3-2-14(7-15(16)18(19)20)17-8-11-4-12(9-17)6-13(5-11)10-17/h2-3,7,11-13H,4-6,8-10H2,1H3. The summed E-state index contributed by atoms with van der Waals surface area (Å²) in [6.45, 7) is 0. The van der Waals surface area contributed by atoms with Gasteiger partial charge in [-0.1, -0.05) is 6.07 Å². The van der Waals surface area contributed by atoms with Gasteiger partial charge in [-0.3, -0.25) is 10.1 Å². The van der Waals surface area contributed by atoms with Crippen molar-refractivity contribution in [3.05, 3.63) is 33.9 Å². The summed E-state index contributed by atoms with van der Waals surface area (Å²) in [5.74, 6) is 2.90. The van der Waals surface area contributed by atoms with Crippen LogP contribution in [0, 0.1) is 27.9 Å². The van der Waals surface area contributed by atoms with Crippen molar-refractivity contribution in [1.82, 2.24) is 0 Å². The van der Waals surface area contributed by atoms with Crippen molar-refractivity contribution in [2.45, 2.75) is 43.9 Å². The van der Waals surface area contributed by atoms with Gasteiger partial charge in [0.15, 0.2) is 5.75 Å². The van der Waals surface area contributed by atoms with Gasteiger partial charge in [0, 0.05) is 6.07 Å². The van der Waals surface area contributed by atoms with E-state index in [1.165, 1.54) is 51.2 Å². The summed E-state index contributed by atoms with van der Waals surface area (Å²) in [5, 5.41) is 11.3. The zero-order chi connectivity index (χ0) is 14.6. The van der Waals surface area contributed by atoms with Crippen molar-refractivity contribution in [1.29, 1.82) is 0 Å². The minimum Gasteiger partial charge on any atom is -0.490 e.